The number of hydrogen-bond acceptors (Lipinski definition) is 7. The number of rotatable bonds is 3. The summed E-state index contributed by atoms with van der Waals surface area (Å²) in [5.74, 6) is -0.781. The van der Waals surface area contributed by atoms with Gasteiger partial charge in [0.25, 0.3) is 5.56 Å². The van der Waals surface area contributed by atoms with Crippen LogP contribution in [0.2, 0.25) is 0 Å². The Morgan fingerprint density at radius 3 is 2.64 bits per heavy atom. The van der Waals surface area contributed by atoms with E-state index in [2.05, 4.69) is 9.97 Å². The topological polar surface area (TPSA) is 116 Å². The maximum Gasteiger partial charge on any atom is 0.338 e. The lowest BCUT2D eigenvalue weighted by Gasteiger charge is -2.19. The van der Waals surface area contributed by atoms with E-state index >= 15 is 0 Å². The number of nitrogens with zero attached hydrogens (tertiary/aromatic N) is 2. The Kier molecular flexibility index (Phi) is 5.18. The van der Waals surface area contributed by atoms with E-state index in [9.17, 15) is 20.0 Å². The summed E-state index contributed by atoms with van der Waals surface area (Å²) in [6.45, 7) is 5.22. The zero-order valence-electron chi connectivity index (χ0n) is 14.2. The largest absolute Gasteiger partial charge is 0.507 e. The number of aromatic amines is 1. The van der Waals surface area contributed by atoms with Crippen molar-refractivity contribution in [2.45, 2.75) is 31.5 Å². The van der Waals surface area contributed by atoms with Gasteiger partial charge in [0, 0.05) is 5.56 Å². The van der Waals surface area contributed by atoms with Crippen LogP contribution >= 0.6 is 11.8 Å². The molecule has 0 aliphatic rings. The van der Waals surface area contributed by atoms with Crippen molar-refractivity contribution in [3.8, 4) is 23.1 Å². The van der Waals surface area contributed by atoms with Crippen LogP contribution in [-0.4, -0.2) is 32.9 Å². The Hall–Kier alpha value is -2.79. The molecule has 0 unspecified atom stereocenters. The molecule has 25 heavy (non-hydrogen) atoms. The van der Waals surface area contributed by atoms with E-state index in [1.165, 1.54) is 30.0 Å². The number of thioether (sulfide) groups is 1. The minimum atomic E-state index is -0.679. The predicted molar refractivity (Wildman–Crippen MR) is 93.6 cm³/mol. The fourth-order valence-corrected chi connectivity index (χ4v) is 2.41. The van der Waals surface area contributed by atoms with Crippen molar-refractivity contribution in [1.29, 1.82) is 5.26 Å². The van der Waals surface area contributed by atoms with Crippen molar-refractivity contribution in [3.05, 3.63) is 39.7 Å². The van der Waals surface area contributed by atoms with Gasteiger partial charge >= 0.3 is 5.97 Å². The van der Waals surface area contributed by atoms with Gasteiger partial charge in [-0.3, -0.25) is 4.79 Å². The highest BCUT2D eigenvalue weighted by atomic mass is 32.2. The Bertz CT molecular complexity index is 923. The molecule has 0 amide bonds. The Balaban J connectivity index is 2.63. The molecule has 1 aromatic carbocycles. The zero-order chi connectivity index (χ0) is 18.8. The third-order valence-corrected chi connectivity index (χ3v) is 3.67. The van der Waals surface area contributed by atoms with Crippen LogP contribution in [0.25, 0.3) is 11.3 Å². The lowest BCUT2D eigenvalue weighted by Crippen LogP contribution is -2.23. The number of nitriles is 1. The van der Waals surface area contributed by atoms with E-state index in [1.807, 2.05) is 0 Å². The van der Waals surface area contributed by atoms with Crippen molar-refractivity contribution in [2.75, 3.05) is 6.26 Å². The monoisotopic (exact) mass is 359 g/mol. The molecule has 1 aromatic heterocycles. The zero-order valence-corrected chi connectivity index (χ0v) is 15.0. The van der Waals surface area contributed by atoms with E-state index in [0.717, 1.165) is 0 Å². The van der Waals surface area contributed by atoms with Crippen LogP contribution in [0.5, 0.6) is 5.75 Å². The van der Waals surface area contributed by atoms with E-state index in [1.54, 1.807) is 33.1 Å². The molecule has 0 saturated heterocycles. The lowest BCUT2D eigenvalue weighted by molar-refractivity contribution is 0.00696. The van der Waals surface area contributed by atoms with Crippen molar-refractivity contribution < 1.29 is 14.6 Å². The molecule has 1 heterocycles. The highest BCUT2D eigenvalue weighted by Crippen LogP contribution is 2.31. The highest BCUT2D eigenvalue weighted by molar-refractivity contribution is 7.98. The summed E-state index contributed by atoms with van der Waals surface area (Å²) in [4.78, 5) is 31.0. The summed E-state index contributed by atoms with van der Waals surface area (Å²) in [5.41, 5.74) is -1.23. The number of carbonyl (C=O) groups excluding carboxylic acids is 1. The Morgan fingerprint density at radius 2 is 2.08 bits per heavy atom. The average molecular weight is 359 g/mol. The van der Waals surface area contributed by atoms with Crippen LogP contribution in [-0.2, 0) is 4.74 Å². The van der Waals surface area contributed by atoms with Crippen molar-refractivity contribution in [2.24, 2.45) is 0 Å². The van der Waals surface area contributed by atoms with Crippen LogP contribution in [0.1, 0.15) is 36.7 Å². The van der Waals surface area contributed by atoms with E-state index < -0.39 is 17.1 Å². The van der Waals surface area contributed by atoms with Crippen molar-refractivity contribution in [3.63, 3.8) is 0 Å². The van der Waals surface area contributed by atoms with Gasteiger partial charge in [-0.2, -0.15) is 5.26 Å². The first-order valence-corrected chi connectivity index (χ1v) is 8.54. The molecule has 8 heteroatoms. The second-order valence-electron chi connectivity index (χ2n) is 6.14. The van der Waals surface area contributed by atoms with Crippen LogP contribution < -0.4 is 5.56 Å². The summed E-state index contributed by atoms with van der Waals surface area (Å²) in [6.07, 6.45) is 1.71. The first-order valence-electron chi connectivity index (χ1n) is 7.31. The fourth-order valence-electron chi connectivity index (χ4n) is 2.04. The number of benzene rings is 1. The molecule has 0 aliphatic carbocycles. The second kappa shape index (κ2) is 6.99. The van der Waals surface area contributed by atoms with E-state index in [-0.39, 0.29) is 28.1 Å². The summed E-state index contributed by atoms with van der Waals surface area (Å²) in [5, 5.41) is 19.7. The number of esters is 1. The van der Waals surface area contributed by atoms with Crippen LogP contribution in [0, 0.1) is 11.3 Å². The van der Waals surface area contributed by atoms with Gasteiger partial charge < -0.3 is 14.8 Å². The molecule has 0 aliphatic heterocycles. The molecule has 0 bridgehead atoms. The number of ether oxygens (including phenoxy) is 1. The third-order valence-electron chi connectivity index (χ3n) is 3.09. The van der Waals surface area contributed by atoms with Crippen LogP contribution in [0.15, 0.2) is 28.2 Å². The number of nitrogens with one attached hydrogen (secondary N) is 1. The summed E-state index contributed by atoms with van der Waals surface area (Å²) in [7, 11) is 0. The number of aromatic nitrogens is 2. The average Bonchev–Trinajstić information content (AvgIpc) is 2.52. The van der Waals surface area contributed by atoms with E-state index in [4.69, 9.17) is 4.74 Å². The van der Waals surface area contributed by atoms with E-state index in [0.29, 0.717) is 5.16 Å². The molecule has 2 rings (SSSR count). The summed E-state index contributed by atoms with van der Waals surface area (Å²) < 4.78 is 5.30. The van der Waals surface area contributed by atoms with Gasteiger partial charge in [0.1, 0.15) is 28.7 Å². The van der Waals surface area contributed by atoms with Gasteiger partial charge in [0.2, 0.25) is 0 Å². The van der Waals surface area contributed by atoms with Gasteiger partial charge in [-0.05, 0) is 45.2 Å². The first-order chi connectivity index (χ1) is 11.7. The maximum absolute atomic E-state index is 12.2. The highest BCUT2D eigenvalue weighted by Gasteiger charge is 2.21. The Labute approximate surface area is 148 Å². The molecule has 0 atom stereocenters. The molecule has 0 spiro atoms. The van der Waals surface area contributed by atoms with Crippen LogP contribution in [0.3, 0.4) is 0 Å². The van der Waals surface area contributed by atoms with Crippen molar-refractivity contribution in [1.82, 2.24) is 9.97 Å². The number of phenolic OH excluding ortho intramolecular Hbond substituents is 1. The number of hydrogen-bond donors (Lipinski definition) is 2. The van der Waals surface area contributed by atoms with Crippen LogP contribution in [0.4, 0.5) is 0 Å². The molecular formula is C17H17N3O4S. The molecule has 2 N–H and O–H groups in total. The lowest BCUT2D eigenvalue weighted by atomic mass is 10.0. The molecular weight excluding hydrogens is 342 g/mol. The third kappa shape index (κ3) is 4.19. The molecule has 2 aromatic rings. The first kappa shape index (κ1) is 18.5. The molecule has 0 saturated carbocycles. The maximum atomic E-state index is 12.2. The number of carbonyl (C=O) groups is 1. The minimum absolute atomic E-state index is 0.0125. The smallest absolute Gasteiger partial charge is 0.338 e. The fraction of sp³-hybridized carbons (Fsp3) is 0.294. The SMILES string of the molecule is CSc1nc(-c2cc(C(=O)OC(C)(C)C)ccc2O)c(C#N)c(=O)[nH]1. The molecule has 0 radical (unpaired) electrons. The predicted octanol–water partition coefficient (Wildman–Crippen LogP) is 2.69. The number of phenols is 1. The van der Waals surface area contributed by atoms with Gasteiger partial charge in [0.05, 0.1) is 5.56 Å². The molecule has 0 fully saturated rings. The van der Waals surface area contributed by atoms with Gasteiger partial charge in [-0.1, -0.05) is 11.8 Å². The van der Waals surface area contributed by atoms with Gasteiger partial charge in [0.15, 0.2) is 5.16 Å². The molecule has 7 nitrogen and oxygen atoms in total. The quantitative estimate of drug-likeness (QED) is 0.491. The standard InChI is InChI=1S/C17H17N3O4S/c1-17(2,3)24-15(23)9-5-6-12(21)10(7-9)13-11(8-18)14(22)20-16(19-13)25-4/h5-7,21H,1-4H3,(H,19,20,22). The number of aromatic hydroxyl groups is 1. The normalized spacial score (nSPS) is 11.0. The number of H-pyrrole nitrogens is 1. The molecule has 130 valence electrons. The second-order valence-corrected chi connectivity index (χ2v) is 6.94. The summed E-state index contributed by atoms with van der Waals surface area (Å²) >= 11 is 1.19. The summed E-state index contributed by atoms with van der Waals surface area (Å²) in [6, 6.07) is 5.85. The Morgan fingerprint density at radius 1 is 1.40 bits per heavy atom. The van der Waals surface area contributed by atoms with Crippen molar-refractivity contribution >= 4 is 17.7 Å². The van der Waals surface area contributed by atoms with Gasteiger partial charge in [-0.25, -0.2) is 9.78 Å². The van der Waals surface area contributed by atoms with Gasteiger partial charge in [-0.15, -0.1) is 0 Å². The minimum Gasteiger partial charge on any atom is -0.507 e.